The van der Waals surface area contributed by atoms with E-state index in [0.29, 0.717) is 17.9 Å². The molecular weight excluding hydrogens is 390 g/mol. The van der Waals surface area contributed by atoms with Crippen molar-refractivity contribution < 1.29 is 9.15 Å². The second-order valence-electron chi connectivity index (χ2n) is 8.31. The third kappa shape index (κ3) is 4.66. The van der Waals surface area contributed by atoms with Gasteiger partial charge >= 0.3 is 0 Å². The molecule has 0 bridgehead atoms. The van der Waals surface area contributed by atoms with Gasteiger partial charge in [-0.1, -0.05) is 12.1 Å². The van der Waals surface area contributed by atoms with E-state index in [1.165, 1.54) is 12.8 Å². The smallest absolute Gasteiger partial charge is 0.299 e. The molecule has 0 atom stereocenters. The minimum absolute atomic E-state index is 0.335. The van der Waals surface area contributed by atoms with Crippen LogP contribution in [0.3, 0.4) is 0 Å². The molecule has 7 nitrogen and oxygen atoms in total. The fourth-order valence-corrected chi connectivity index (χ4v) is 4.35. The maximum Gasteiger partial charge on any atom is 0.299 e. The summed E-state index contributed by atoms with van der Waals surface area (Å²) in [6.07, 6.45) is 8.71. The Morgan fingerprint density at radius 1 is 1.10 bits per heavy atom. The van der Waals surface area contributed by atoms with Crippen molar-refractivity contribution in [2.24, 2.45) is 0 Å². The highest BCUT2D eigenvalue weighted by Crippen LogP contribution is 2.30. The van der Waals surface area contributed by atoms with Crippen LogP contribution < -0.4 is 20.3 Å². The van der Waals surface area contributed by atoms with Crippen molar-refractivity contribution in [2.45, 2.75) is 38.7 Å². The van der Waals surface area contributed by atoms with E-state index >= 15 is 0 Å². The van der Waals surface area contributed by atoms with Crippen LogP contribution in [-0.4, -0.2) is 42.3 Å². The summed E-state index contributed by atoms with van der Waals surface area (Å²) in [5.41, 5.74) is 2.96. The monoisotopic (exact) mass is 419 g/mol. The first kappa shape index (κ1) is 19.9. The standard InChI is InChI=1S/C24H29N5O2/c1-17-13-19(15-26-23(17)29-11-9-25-10-12-29)28-24-27-16-22(31-24)18-5-4-8-21(14-18)30-20-6-2-3-7-20/h4-5,8,13-16,20,25H,2-3,6-7,9-12H2,1H3,(H,27,28). The predicted octanol–water partition coefficient (Wildman–Crippen LogP) is 4.52. The van der Waals surface area contributed by atoms with Gasteiger partial charge in [0.15, 0.2) is 5.76 Å². The van der Waals surface area contributed by atoms with Crippen LogP contribution in [0, 0.1) is 6.92 Å². The summed E-state index contributed by atoms with van der Waals surface area (Å²) in [6, 6.07) is 10.6. The molecule has 0 unspecified atom stereocenters. The van der Waals surface area contributed by atoms with Crippen molar-refractivity contribution in [1.82, 2.24) is 15.3 Å². The molecule has 5 rings (SSSR count). The van der Waals surface area contributed by atoms with Crippen LogP contribution in [-0.2, 0) is 0 Å². The van der Waals surface area contributed by atoms with Crippen molar-refractivity contribution in [3.8, 4) is 17.1 Å². The fourth-order valence-electron chi connectivity index (χ4n) is 4.35. The topological polar surface area (TPSA) is 75.5 Å². The Balaban J connectivity index is 1.27. The molecule has 0 amide bonds. The molecule has 7 heteroatoms. The molecule has 3 heterocycles. The number of pyridine rings is 1. The quantitative estimate of drug-likeness (QED) is 0.608. The largest absolute Gasteiger partial charge is 0.490 e. The zero-order chi connectivity index (χ0) is 21.0. The lowest BCUT2D eigenvalue weighted by Gasteiger charge is -2.29. The molecule has 1 saturated carbocycles. The van der Waals surface area contributed by atoms with E-state index in [9.17, 15) is 0 Å². The van der Waals surface area contributed by atoms with Crippen molar-refractivity contribution in [2.75, 3.05) is 36.4 Å². The number of rotatable bonds is 6. The Morgan fingerprint density at radius 2 is 1.94 bits per heavy atom. The third-order valence-corrected chi connectivity index (χ3v) is 5.95. The van der Waals surface area contributed by atoms with Gasteiger partial charge in [-0.2, -0.15) is 0 Å². The van der Waals surface area contributed by atoms with Crippen LogP contribution in [0.1, 0.15) is 31.2 Å². The molecular formula is C24H29N5O2. The summed E-state index contributed by atoms with van der Waals surface area (Å²) in [5.74, 6) is 2.64. The van der Waals surface area contributed by atoms with E-state index in [2.05, 4.69) is 38.5 Å². The lowest BCUT2D eigenvalue weighted by Crippen LogP contribution is -2.44. The van der Waals surface area contributed by atoms with Gasteiger partial charge in [0.05, 0.1) is 24.2 Å². The first-order chi connectivity index (χ1) is 15.2. The molecule has 1 aliphatic carbocycles. The number of nitrogens with one attached hydrogen (secondary N) is 2. The van der Waals surface area contributed by atoms with Crippen LogP contribution in [0.15, 0.2) is 47.1 Å². The molecule has 0 spiro atoms. The van der Waals surface area contributed by atoms with Gasteiger partial charge in [-0.25, -0.2) is 9.97 Å². The molecule has 1 aliphatic heterocycles. The molecule has 162 valence electrons. The number of nitrogens with zero attached hydrogens (tertiary/aromatic N) is 3. The molecule has 3 aromatic rings. The first-order valence-electron chi connectivity index (χ1n) is 11.2. The Kier molecular flexibility index (Phi) is 5.76. The number of piperazine rings is 1. The fraction of sp³-hybridized carbons (Fsp3) is 0.417. The number of aryl methyl sites for hydroxylation is 1. The zero-order valence-corrected chi connectivity index (χ0v) is 17.9. The van der Waals surface area contributed by atoms with Gasteiger partial charge in [0.2, 0.25) is 0 Å². The van der Waals surface area contributed by atoms with E-state index in [1.807, 2.05) is 30.5 Å². The van der Waals surface area contributed by atoms with Crippen LogP contribution in [0.4, 0.5) is 17.5 Å². The lowest BCUT2D eigenvalue weighted by molar-refractivity contribution is 0.210. The average Bonchev–Trinajstić information content (AvgIpc) is 3.47. The number of hydrogen-bond donors (Lipinski definition) is 2. The van der Waals surface area contributed by atoms with Gasteiger partial charge in [0.25, 0.3) is 6.01 Å². The summed E-state index contributed by atoms with van der Waals surface area (Å²) in [5, 5.41) is 6.61. The SMILES string of the molecule is Cc1cc(Nc2ncc(-c3cccc(OC4CCCC4)c3)o2)cnc1N1CCNCC1. The maximum atomic E-state index is 6.12. The number of ether oxygens (including phenoxy) is 1. The molecule has 1 saturated heterocycles. The Hall–Kier alpha value is -3.06. The highest BCUT2D eigenvalue weighted by Gasteiger charge is 2.17. The Morgan fingerprint density at radius 3 is 2.74 bits per heavy atom. The summed E-state index contributed by atoms with van der Waals surface area (Å²) in [7, 11) is 0. The molecule has 0 radical (unpaired) electrons. The normalized spacial score (nSPS) is 17.1. The molecule has 31 heavy (non-hydrogen) atoms. The van der Waals surface area contributed by atoms with Gasteiger partial charge < -0.3 is 24.7 Å². The van der Waals surface area contributed by atoms with Gasteiger partial charge in [0, 0.05) is 31.7 Å². The minimum Gasteiger partial charge on any atom is -0.490 e. The van der Waals surface area contributed by atoms with Gasteiger partial charge in [-0.15, -0.1) is 0 Å². The highest BCUT2D eigenvalue weighted by molar-refractivity contribution is 5.62. The summed E-state index contributed by atoms with van der Waals surface area (Å²) >= 11 is 0. The van der Waals surface area contributed by atoms with E-state index in [0.717, 1.165) is 67.4 Å². The number of hydrogen-bond acceptors (Lipinski definition) is 7. The van der Waals surface area contributed by atoms with Gasteiger partial charge in [0.1, 0.15) is 11.6 Å². The van der Waals surface area contributed by atoms with Crippen molar-refractivity contribution >= 4 is 17.5 Å². The third-order valence-electron chi connectivity index (χ3n) is 5.95. The zero-order valence-electron chi connectivity index (χ0n) is 17.9. The number of anilines is 3. The van der Waals surface area contributed by atoms with Crippen molar-refractivity contribution in [3.05, 3.63) is 48.3 Å². The molecule has 2 fully saturated rings. The minimum atomic E-state index is 0.335. The van der Waals surface area contributed by atoms with Crippen LogP contribution in [0.2, 0.25) is 0 Å². The maximum absolute atomic E-state index is 6.12. The van der Waals surface area contributed by atoms with Crippen molar-refractivity contribution in [3.63, 3.8) is 0 Å². The summed E-state index contributed by atoms with van der Waals surface area (Å²) < 4.78 is 12.1. The van der Waals surface area contributed by atoms with E-state index < -0.39 is 0 Å². The highest BCUT2D eigenvalue weighted by atomic mass is 16.5. The molecule has 2 N–H and O–H groups in total. The van der Waals surface area contributed by atoms with E-state index in [-0.39, 0.29) is 0 Å². The van der Waals surface area contributed by atoms with Crippen LogP contribution >= 0.6 is 0 Å². The lowest BCUT2D eigenvalue weighted by atomic mass is 10.2. The van der Waals surface area contributed by atoms with Crippen LogP contribution in [0.5, 0.6) is 5.75 Å². The molecule has 2 aliphatic rings. The first-order valence-corrected chi connectivity index (χ1v) is 11.2. The summed E-state index contributed by atoms with van der Waals surface area (Å²) in [6.45, 7) is 6.03. The van der Waals surface area contributed by atoms with E-state index in [1.54, 1.807) is 6.20 Å². The Bertz CT molecular complexity index is 1020. The summed E-state index contributed by atoms with van der Waals surface area (Å²) in [4.78, 5) is 11.4. The average molecular weight is 420 g/mol. The number of aromatic nitrogens is 2. The number of oxazole rings is 1. The molecule has 1 aromatic carbocycles. The van der Waals surface area contributed by atoms with Crippen molar-refractivity contribution in [1.29, 1.82) is 0 Å². The van der Waals surface area contributed by atoms with Gasteiger partial charge in [-0.3, -0.25) is 0 Å². The molecule has 2 aromatic heterocycles. The Labute approximate surface area is 182 Å². The second kappa shape index (κ2) is 8.98. The second-order valence-corrected chi connectivity index (χ2v) is 8.31. The van der Waals surface area contributed by atoms with Crippen LogP contribution in [0.25, 0.3) is 11.3 Å². The predicted molar refractivity (Wildman–Crippen MR) is 122 cm³/mol. The number of benzene rings is 1. The van der Waals surface area contributed by atoms with E-state index in [4.69, 9.17) is 9.15 Å². The van der Waals surface area contributed by atoms with Gasteiger partial charge in [-0.05, 0) is 56.4 Å².